The van der Waals surface area contributed by atoms with Gasteiger partial charge in [0, 0.05) is 58.2 Å². The first kappa shape index (κ1) is 46.0. The van der Waals surface area contributed by atoms with Crippen LogP contribution in [0.2, 0.25) is 0 Å². The average molecular weight is 847 g/mol. The van der Waals surface area contributed by atoms with Gasteiger partial charge in [-0.1, -0.05) is 51.2 Å². The Kier molecular flexibility index (Phi) is 13.9. The zero-order valence-corrected chi connectivity index (χ0v) is 37.1. The van der Waals surface area contributed by atoms with Crippen LogP contribution < -0.4 is 0 Å². The molecule has 60 heavy (non-hydrogen) atoms. The van der Waals surface area contributed by atoms with Crippen molar-refractivity contribution in [2.45, 2.75) is 197 Å². The summed E-state index contributed by atoms with van der Waals surface area (Å²) in [6.45, 7) is 15.6. The molecule has 0 unspecified atom stereocenters. The highest BCUT2D eigenvalue weighted by Gasteiger charge is 2.66. The van der Waals surface area contributed by atoms with E-state index in [4.69, 9.17) is 47.4 Å². The number of ether oxygens (including phenoxy) is 10. The van der Waals surface area contributed by atoms with Crippen molar-refractivity contribution in [3.05, 3.63) is 47.1 Å². The molecule has 0 radical (unpaired) electrons. The Morgan fingerprint density at radius 1 is 0.850 bits per heavy atom. The maximum atomic E-state index is 14.3. The molecule has 5 fully saturated rings. The Balaban J connectivity index is 1.18. The van der Waals surface area contributed by atoms with E-state index < -0.39 is 90.3 Å². The van der Waals surface area contributed by atoms with Gasteiger partial charge in [-0.2, -0.15) is 0 Å². The summed E-state index contributed by atoms with van der Waals surface area (Å²) in [6.07, 6.45) is 6.44. The SMILES string of the molecule is CO[C@H]1C[C@H](O[C@H]2[C@H](C)O[C@@H](O[C@@H]3/C(C)=C/C[C@@H]4C[C@H](C[C@]5(CC[C@H](C)[C@@H](C)O5)O4)OC(=O)C4=C[C@H](C)[C@@H](O)[C@@]5(C)OC/C(=C\C=C\[C@@H]3C)[C@]45O)C[C@@H]2OC)O[C@@H](C)[C@@H]1O. The lowest BCUT2D eigenvalue weighted by Gasteiger charge is -2.50. The Hall–Kier alpha value is -2.05. The quantitative estimate of drug-likeness (QED) is 0.242. The van der Waals surface area contributed by atoms with Gasteiger partial charge in [0.05, 0.1) is 61.0 Å². The second-order valence-electron chi connectivity index (χ2n) is 18.8. The van der Waals surface area contributed by atoms with Crippen LogP contribution in [0.1, 0.15) is 100 Å². The van der Waals surface area contributed by atoms with E-state index in [0.29, 0.717) is 50.0 Å². The highest BCUT2D eigenvalue weighted by Crippen LogP contribution is 2.52. The number of aliphatic hydroxyl groups excluding tert-OH is 2. The van der Waals surface area contributed by atoms with E-state index >= 15 is 0 Å². The van der Waals surface area contributed by atoms with Crippen LogP contribution >= 0.6 is 0 Å². The predicted octanol–water partition coefficient (Wildman–Crippen LogP) is 4.97. The largest absolute Gasteiger partial charge is 0.459 e. The maximum absolute atomic E-state index is 14.3. The van der Waals surface area contributed by atoms with Crippen LogP contribution in [0.15, 0.2) is 47.1 Å². The number of esters is 1. The minimum atomic E-state index is -1.94. The second-order valence-corrected chi connectivity index (χ2v) is 18.8. The summed E-state index contributed by atoms with van der Waals surface area (Å²) in [4.78, 5) is 14.3. The summed E-state index contributed by atoms with van der Waals surface area (Å²) in [5, 5.41) is 34.6. The van der Waals surface area contributed by atoms with Gasteiger partial charge in [-0.15, -0.1) is 0 Å². The summed E-state index contributed by atoms with van der Waals surface area (Å²) in [5.74, 6) is -1.88. The van der Waals surface area contributed by atoms with E-state index in [0.717, 1.165) is 12.0 Å². The van der Waals surface area contributed by atoms with Gasteiger partial charge in [0.25, 0.3) is 0 Å². The highest BCUT2D eigenvalue weighted by atomic mass is 16.7. The zero-order valence-electron chi connectivity index (χ0n) is 37.1. The van der Waals surface area contributed by atoms with Crippen molar-refractivity contribution in [3.8, 4) is 0 Å². The fraction of sp³-hybridized carbons (Fsp3) is 0.804. The van der Waals surface area contributed by atoms with Gasteiger partial charge in [0.1, 0.15) is 23.9 Å². The number of allylic oxidation sites excluding steroid dienone is 2. The smallest absolute Gasteiger partial charge is 0.337 e. The second kappa shape index (κ2) is 18.2. The van der Waals surface area contributed by atoms with E-state index in [2.05, 4.69) is 26.8 Å². The van der Waals surface area contributed by atoms with Crippen LogP contribution in [0.4, 0.5) is 0 Å². The Morgan fingerprint density at radius 3 is 2.27 bits per heavy atom. The summed E-state index contributed by atoms with van der Waals surface area (Å²) in [5.41, 5.74) is -1.94. The number of rotatable bonds is 6. The third kappa shape index (κ3) is 8.75. The lowest BCUT2D eigenvalue weighted by molar-refractivity contribution is -0.332. The molecule has 0 aromatic rings. The van der Waals surface area contributed by atoms with Crippen LogP contribution in [0.3, 0.4) is 0 Å². The Bertz CT molecular complexity index is 1660. The number of carbonyl (C=O) groups excluding carboxylic acids is 1. The average Bonchev–Trinajstić information content (AvgIpc) is 3.47. The van der Waals surface area contributed by atoms with Gasteiger partial charge in [0.15, 0.2) is 24.0 Å². The first-order chi connectivity index (χ1) is 28.4. The third-order valence-electron chi connectivity index (χ3n) is 14.5. The van der Waals surface area contributed by atoms with Crippen molar-refractivity contribution >= 4 is 5.97 Å². The molecule has 0 amide bonds. The Labute approximate surface area is 355 Å². The van der Waals surface area contributed by atoms with E-state index in [-0.39, 0.29) is 36.4 Å². The molecule has 6 heterocycles. The molecule has 338 valence electrons. The van der Waals surface area contributed by atoms with Crippen molar-refractivity contribution in [1.82, 2.24) is 0 Å². The molecule has 5 saturated heterocycles. The number of aliphatic hydroxyl groups is 3. The van der Waals surface area contributed by atoms with Crippen molar-refractivity contribution in [3.63, 3.8) is 0 Å². The fourth-order valence-electron chi connectivity index (χ4n) is 10.6. The van der Waals surface area contributed by atoms with Gasteiger partial charge < -0.3 is 62.7 Å². The fourth-order valence-corrected chi connectivity index (χ4v) is 10.6. The van der Waals surface area contributed by atoms with Crippen molar-refractivity contribution < 1.29 is 67.5 Å². The predicted molar refractivity (Wildman–Crippen MR) is 218 cm³/mol. The molecule has 1 aliphatic carbocycles. The number of methoxy groups -OCH3 is 2. The van der Waals surface area contributed by atoms with Crippen LogP contribution in [0, 0.1) is 17.8 Å². The molecule has 6 aliphatic heterocycles. The van der Waals surface area contributed by atoms with E-state index in [9.17, 15) is 20.1 Å². The van der Waals surface area contributed by atoms with Crippen molar-refractivity contribution in [2.75, 3.05) is 20.8 Å². The van der Waals surface area contributed by atoms with E-state index in [1.807, 2.05) is 32.9 Å². The molecule has 0 aromatic carbocycles. The van der Waals surface area contributed by atoms with Gasteiger partial charge in [0.2, 0.25) is 0 Å². The molecule has 3 N–H and O–H groups in total. The van der Waals surface area contributed by atoms with Crippen LogP contribution in [0.5, 0.6) is 0 Å². The third-order valence-corrected chi connectivity index (χ3v) is 14.5. The van der Waals surface area contributed by atoms with E-state index in [1.54, 1.807) is 40.2 Å². The van der Waals surface area contributed by atoms with E-state index in [1.165, 1.54) is 0 Å². The molecule has 0 aromatic heterocycles. The lowest BCUT2D eigenvalue weighted by atomic mass is 9.65. The molecular weight excluding hydrogens is 776 g/mol. The van der Waals surface area contributed by atoms with Crippen LogP contribution in [0.25, 0.3) is 0 Å². The number of hydrogen-bond acceptors (Lipinski definition) is 14. The molecular formula is C46H70O14. The molecule has 14 nitrogen and oxygen atoms in total. The zero-order chi connectivity index (χ0) is 43.3. The molecule has 7 rings (SSSR count). The summed E-state index contributed by atoms with van der Waals surface area (Å²) >= 11 is 0. The van der Waals surface area contributed by atoms with Crippen LogP contribution in [-0.4, -0.2) is 139 Å². The van der Waals surface area contributed by atoms with Crippen LogP contribution in [-0.2, 0) is 52.2 Å². The summed E-state index contributed by atoms with van der Waals surface area (Å²) in [6, 6.07) is 0. The number of fused-ring (bicyclic) bond motifs is 2. The lowest BCUT2D eigenvalue weighted by Crippen LogP contribution is -2.63. The number of carbonyl (C=O) groups is 1. The van der Waals surface area contributed by atoms with Gasteiger partial charge in [-0.25, -0.2) is 4.79 Å². The first-order valence-electron chi connectivity index (χ1n) is 22.1. The molecule has 2 bridgehead atoms. The van der Waals surface area contributed by atoms with Gasteiger partial charge >= 0.3 is 5.97 Å². The normalized spacial score (nSPS) is 51.4. The summed E-state index contributed by atoms with van der Waals surface area (Å²) in [7, 11) is 3.22. The van der Waals surface area contributed by atoms with Gasteiger partial charge in [-0.05, 0) is 64.5 Å². The molecule has 19 atom stereocenters. The topological polar surface area (TPSA) is 170 Å². The molecule has 7 aliphatic rings. The molecule has 0 saturated carbocycles. The number of hydrogen-bond donors (Lipinski definition) is 3. The first-order valence-corrected chi connectivity index (χ1v) is 22.1. The maximum Gasteiger partial charge on any atom is 0.337 e. The minimum absolute atomic E-state index is 0.0122. The monoisotopic (exact) mass is 846 g/mol. The standard InChI is InChI=1S/C46H70O14/c1-24-16-17-45(59-28(24)5)22-33-19-32(60-45)15-14-26(3)40(57-38-21-36(52-10)41(30(7)55-38)58-37-20-35(51-9)39(47)29(6)54-37)25(2)12-11-13-31-23-53-44(8)42(48)27(4)18-34(43(49)56-33)46(31,44)50/h11-14,18,24-25,27-30,32-33,35-42,47-48,50H,15-17,19-23H2,1-10H3/b12-11+,26-14+,31-13+/t24-,25-,27-,28+,29-,30-,32+,33+,35-,36-,37-,38-,39-,40-,41-,42+,44+,45-,46-/m0/s1. The Morgan fingerprint density at radius 2 is 1.55 bits per heavy atom. The van der Waals surface area contributed by atoms with Gasteiger partial charge in [-0.3, -0.25) is 0 Å². The minimum Gasteiger partial charge on any atom is -0.459 e. The molecule has 1 spiro atoms. The highest BCUT2D eigenvalue weighted by molar-refractivity contribution is 5.93. The van der Waals surface area contributed by atoms with Crippen molar-refractivity contribution in [2.24, 2.45) is 17.8 Å². The van der Waals surface area contributed by atoms with Crippen molar-refractivity contribution in [1.29, 1.82) is 0 Å². The summed E-state index contributed by atoms with van der Waals surface area (Å²) < 4.78 is 63.4. The molecule has 14 heteroatoms.